The van der Waals surface area contributed by atoms with Gasteiger partial charge in [0.05, 0.1) is 13.1 Å². The van der Waals surface area contributed by atoms with Crippen molar-refractivity contribution < 1.29 is 19.0 Å². The molecule has 6 nitrogen and oxygen atoms in total. The highest BCUT2D eigenvalue weighted by Gasteiger charge is 2.36. The maximum absolute atomic E-state index is 13.1. The monoisotopic (exact) mass is 303 g/mol. The third-order valence-corrected chi connectivity index (χ3v) is 3.36. The molecule has 0 aliphatic carbocycles. The molecule has 1 aliphatic heterocycles. The number of ether oxygens (including phenoxy) is 1. The van der Waals surface area contributed by atoms with Crippen molar-refractivity contribution in [1.29, 1.82) is 0 Å². The minimum absolute atomic E-state index is 0.0705. The molecule has 1 aromatic heterocycles. The van der Waals surface area contributed by atoms with Crippen molar-refractivity contribution in [3.8, 4) is 5.75 Å². The summed E-state index contributed by atoms with van der Waals surface area (Å²) in [7, 11) is 0. The molecule has 1 aromatic carbocycles. The van der Waals surface area contributed by atoms with E-state index in [2.05, 4.69) is 9.97 Å². The van der Waals surface area contributed by atoms with Crippen molar-refractivity contribution in [1.82, 2.24) is 14.9 Å². The van der Waals surface area contributed by atoms with Gasteiger partial charge in [0.25, 0.3) is 5.91 Å². The third kappa shape index (κ3) is 3.04. The Labute approximate surface area is 126 Å². The van der Waals surface area contributed by atoms with Crippen LogP contribution in [0.1, 0.15) is 10.6 Å². The van der Waals surface area contributed by atoms with Crippen molar-refractivity contribution in [2.45, 2.75) is 12.2 Å². The van der Waals surface area contributed by atoms with Gasteiger partial charge in [-0.1, -0.05) is 6.07 Å². The lowest BCUT2D eigenvalue weighted by Gasteiger charge is -2.16. The second kappa shape index (κ2) is 6.07. The van der Waals surface area contributed by atoms with E-state index in [-0.39, 0.29) is 24.8 Å². The Morgan fingerprint density at radius 1 is 1.27 bits per heavy atom. The average molecular weight is 303 g/mol. The number of likely N-dealkylation sites (tertiary alicyclic amines) is 1. The molecule has 0 bridgehead atoms. The Kier molecular flexibility index (Phi) is 3.97. The van der Waals surface area contributed by atoms with Gasteiger partial charge in [0.15, 0.2) is 0 Å². The zero-order valence-electron chi connectivity index (χ0n) is 11.6. The molecule has 7 heteroatoms. The van der Waals surface area contributed by atoms with Crippen molar-refractivity contribution in [2.75, 3.05) is 13.1 Å². The fraction of sp³-hybridized carbons (Fsp3) is 0.267. The molecule has 1 fully saturated rings. The van der Waals surface area contributed by atoms with Crippen molar-refractivity contribution in [3.05, 3.63) is 54.4 Å². The Balaban J connectivity index is 1.68. The molecule has 1 aliphatic rings. The first-order valence-corrected chi connectivity index (χ1v) is 6.80. The van der Waals surface area contributed by atoms with Gasteiger partial charge in [-0.2, -0.15) is 0 Å². The number of aliphatic hydroxyl groups excluding tert-OH is 1. The van der Waals surface area contributed by atoms with E-state index in [9.17, 15) is 14.3 Å². The maximum atomic E-state index is 13.1. The number of carbonyl (C=O) groups is 1. The van der Waals surface area contributed by atoms with Gasteiger partial charge >= 0.3 is 0 Å². The van der Waals surface area contributed by atoms with Gasteiger partial charge in [-0.25, -0.2) is 14.4 Å². The normalized spacial score (nSPS) is 20.9. The van der Waals surface area contributed by atoms with Gasteiger partial charge in [-0.15, -0.1) is 0 Å². The predicted molar refractivity (Wildman–Crippen MR) is 74.8 cm³/mol. The number of hydrogen-bond acceptors (Lipinski definition) is 5. The molecule has 2 atom stereocenters. The minimum Gasteiger partial charge on any atom is -0.486 e. The van der Waals surface area contributed by atoms with Gasteiger partial charge in [-0.3, -0.25) is 4.79 Å². The standard InChI is InChI=1S/C15H14FN3O3/c16-10-3-1-4-11(7-10)22-13-9-19(8-12(13)20)15(21)14-17-5-2-6-18-14/h1-7,12-13,20H,8-9H2/t12-,13-/m1/s1. The van der Waals surface area contributed by atoms with E-state index in [0.29, 0.717) is 5.75 Å². The number of rotatable bonds is 3. The fourth-order valence-corrected chi connectivity index (χ4v) is 2.30. The first-order valence-electron chi connectivity index (χ1n) is 6.80. The van der Waals surface area contributed by atoms with Crippen LogP contribution in [-0.2, 0) is 0 Å². The molecular formula is C15H14FN3O3. The predicted octanol–water partition coefficient (Wildman–Crippen LogP) is 0.880. The molecule has 0 saturated carbocycles. The van der Waals surface area contributed by atoms with E-state index in [4.69, 9.17) is 4.74 Å². The van der Waals surface area contributed by atoms with Gasteiger partial charge in [0, 0.05) is 18.5 Å². The summed E-state index contributed by atoms with van der Waals surface area (Å²) < 4.78 is 18.7. The van der Waals surface area contributed by atoms with Crippen LogP contribution < -0.4 is 4.74 Å². The molecule has 2 aromatic rings. The SMILES string of the molecule is O=C(c1ncccn1)N1C[C@@H](O)[C@H](Oc2cccc(F)c2)C1. The van der Waals surface area contributed by atoms with Crippen molar-refractivity contribution in [3.63, 3.8) is 0 Å². The Morgan fingerprint density at radius 2 is 2.05 bits per heavy atom. The van der Waals surface area contributed by atoms with Crippen LogP contribution in [0.4, 0.5) is 4.39 Å². The van der Waals surface area contributed by atoms with Gasteiger partial charge in [-0.05, 0) is 18.2 Å². The number of nitrogens with zero attached hydrogens (tertiary/aromatic N) is 3. The second-order valence-corrected chi connectivity index (χ2v) is 4.96. The van der Waals surface area contributed by atoms with Crippen LogP contribution in [0.2, 0.25) is 0 Å². The number of amides is 1. The summed E-state index contributed by atoms with van der Waals surface area (Å²) in [6, 6.07) is 7.27. The molecule has 1 saturated heterocycles. The van der Waals surface area contributed by atoms with Gasteiger partial charge < -0.3 is 14.7 Å². The molecular weight excluding hydrogens is 289 g/mol. The zero-order valence-corrected chi connectivity index (χ0v) is 11.6. The zero-order chi connectivity index (χ0) is 15.5. The van der Waals surface area contributed by atoms with Crippen LogP contribution in [0.5, 0.6) is 5.75 Å². The summed E-state index contributed by atoms with van der Waals surface area (Å²) in [6.45, 7) is 0.311. The van der Waals surface area contributed by atoms with Gasteiger partial charge in [0.1, 0.15) is 23.8 Å². The lowest BCUT2D eigenvalue weighted by molar-refractivity contribution is 0.0725. The van der Waals surface area contributed by atoms with E-state index in [1.807, 2.05) is 0 Å². The Hall–Kier alpha value is -2.54. The number of benzene rings is 1. The van der Waals surface area contributed by atoms with E-state index in [0.717, 1.165) is 0 Å². The van der Waals surface area contributed by atoms with E-state index < -0.39 is 18.0 Å². The number of aromatic nitrogens is 2. The Bertz CT molecular complexity index is 668. The number of halogens is 1. The van der Waals surface area contributed by atoms with Crippen LogP contribution in [0, 0.1) is 5.82 Å². The van der Waals surface area contributed by atoms with Crippen molar-refractivity contribution >= 4 is 5.91 Å². The van der Waals surface area contributed by atoms with E-state index in [1.54, 1.807) is 12.1 Å². The number of β-amino-alcohol motifs (C(OH)–C–C–N with tert-alkyl or cyclic N) is 1. The van der Waals surface area contributed by atoms with E-state index >= 15 is 0 Å². The summed E-state index contributed by atoms with van der Waals surface area (Å²) in [5.41, 5.74) is 0. The highest BCUT2D eigenvalue weighted by Crippen LogP contribution is 2.20. The molecule has 0 radical (unpaired) electrons. The Morgan fingerprint density at radius 3 is 2.77 bits per heavy atom. The lowest BCUT2D eigenvalue weighted by atomic mass is 10.2. The summed E-state index contributed by atoms with van der Waals surface area (Å²) in [5, 5.41) is 10.0. The second-order valence-electron chi connectivity index (χ2n) is 4.96. The summed E-state index contributed by atoms with van der Waals surface area (Å²) in [4.78, 5) is 21.4. The molecule has 114 valence electrons. The number of carbonyl (C=O) groups excluding carboxylic acids is 1. The van der Waals surface area contributed by atoms with Crippen LogP contribution in [0.15, 0.2) is 42.7 Å². The first kappa shape index (κ1) is 14.4. The number of aliphatic hydroxyl groups is 1. The number of hydrogen-bond donors (Lipinski definition) is 1. The van der Waals surface area contributed by atoms with Crippen molar-refractivity contribution in [2.24, 2.45) is 0 Å². The summed E-state index contributed by atoms with van der Waals surface area (Å²) in [6.07, 6.45) is 1.49. The molecule has 1 N–H and O–H groups in total. The topological polar surface area (TPSA) is 75.6 Å². The molecule has 22 heavy (non-hydrogen) atoms. The lowest BCUT2D eigenvalue weighted by Crippen LogP contribution is -2.32. The molecule has 2 heterocycles. The highest BCUT2D eigenvalue weighted by molar-refractivity contribution is 5.90. The molecule has 0 spiro atoms. The average Bonchev–Trinajstić information content (AvgIpc) is 2.88. The highest BCUT2D eigenvalue weighted by atomic mass is 19.1. The molecule has 3 rings (SSSR count). The maximum Gasteiger partial charge on any atom is 0.291 e. The third-order valence-electron chi connectivity index (χ3n) is 3.36. The minimum atomic E-state index is -0.851. The smallest absolute Gasteiger partial charge is 0.291 e. The fourth-order valence-electron chi connectivity index (χ4n) is 2.30. The summed E-state index contributed by atoms with van der Waals surface area (Å²) >= 11 is 0. The largest absolute Gasteiger partial charge is 0.486 e. The van der Waals surface area contributed by atoms with Crippen LogP contribution in [0.25, 0.3) is 0 Å². The summed E-state index contributed by atoms with van der Waals surface area (Å²) in [5.74, 6) is -0.406. The van der Waals surface area contributed by atoms with Crippen LogP contribution in [-0.4, -0.2) is 51.2 Å². The van der Waals surface area contributed by atoms with Gasteiger partial charge in [0.2, 0.25) is 5.82 Å². The van der Waals surface area contributed by atoms with Crippen LogP contribution >= 0.6 is 0 Å². The quantitative estimate of drug-likeness (QED) is 0.911. The first-order chi connectivity index (χ1) is 10.6. The van der Waals surface area contributed by atoms with E-state index in [1.165, 1.54) is 35.5 Å². The van der Waals surface area contributed by atoms with Crippen LogP contribution in [0.3, 0.4) is 0 Å². The molecule has 1 amide bonds. The molecule has 0 unspecified atom stereocenters.